The van der Waals surface area contributed by atoms with Crippen LogP contribution < -0.4 is 4.74 Å². The number of aromatic nitrogens is 2. The zero-order chi connectivity index (χ0) is 13.7. The molecule has 2 aromatic rings. The molecule has 0 aliphatic rings. The van der Waals surface area contributed by atoms with Crippen LogP contribution in [0.5, 0.6) is 5.75 Å². The van der Waals surface area contributed by atoms with Crippen LogP contribution in [0.25, 0.3) is 6.08 Å². The molecule has 0 radical (unpaired) electrons. The van der Waals surface area contributed by atoms with E-state index in [0.29, 0.717) is 5.69 Å². The van der Waals surface area contributed by atoms with E-state index in [0.717, 1.165) is 17.9 Å². The summed E-state index contributed by atoms with van der Waals surface area (Å²) in [7, 11) is 1.61. The van der Waals surface area contributed by atoms with E-state index in [-0.39, 0.29) is 5.78 Å². The van der Waals surface area contributed by atoms with Gasteiger partial charge in [-0.15, -0.1) is 0 Å². The minimum atomic E-state index is -0.113. The molecule has 0 amide bonds. The smallest absolute Gasteiger partial charge is 0.206 e. The maximum atomic E-state index is 11.9. The number of ether oxygens (including phenoxy) is 1. The summed E-state index contributed by atoms with van der Waals surface area (Å²) in [5.41, 5.74) is 1.32. The predicted molar refractivity (Wildman–Crippen MR) is 74.3 cm³/mol. The zero-order valence-corrected chi connectivity index (χ0v) is 11.0. The van der Waals surface area contributed by atoms with E-state index in [2.05, 4.69) is 5.10 Å². The molecule has 0 atom stereocenters. The first-order valence-corrected chi connectivity index (χ1v) is 6.13. The molecule has 19 heavy (non-hydrogen) atoms. The van der Waals surface area contributed by atoms with Crippen molar-refractivity contribution in [3.05, 3.63) is 53.9 Å². The van der Waals surface area contributed by atoms with Gasteiger partial charge in [0.05, 0.1) is 7.11 Å². The number of ketones is 1. The summed E-state index contributed by atoms with van der Waals surface area (Å²) < 4.78 is 6.95. The number of benzene rings is 1. The van der Waals surface area contributed by atoms with E-state index in [1.165, 1.54) is 6.08 Å². The maximum absolute atomic E-state index is 11.9. The molecule has 0 saturated heterocycles. The minimum absolute atomic E-state index is 0.113. The van der Waals surface area contributed by atoms with Gasteiger partial charge in [0.25, 0.3) is 0 Å². The fraction of sp³-hybridized carbons (Fsp3) is 0.200. The van der Waals surface area contributed by atoms with Gasteiger partial charge < -0.3 is 4.74 Å². The van der Waals surface area contributed by atoms with Crippen LogP contribution in [0, 0.1) is 0 Å². The number of aryl methyl sites for hydroxylation is 1. The molecule has 0 N–H and O–H groups in total. The average molecular weight is 256 g/mol. The third kappa shape index (κ3) is 3.10. The minimum Gasteiger partial charge on any atom is -0.496 e. The fourth-order valence-corrected chi connectivity index (χ4v) is 1.72. The van der Waals surface area contributed by atoms with E-state index in [1.54, 1.807) is 30.1 Å². The molecule has 1 aromatic carbocycles. The first kappa shape index (κ1) is 13.1. The van der Waals surface area contributed by atoms with Crippen molar-refractivity contribution in [3.63, 3.8) is 0 Å². The Morgan fingerprint density at radius 2 is 2.16 bits per heavy atom. The molecule has 0 spiro atoms. The number of carbonyl (C=O) groups excluding carboxylic acids is 1. The number of para-hydroxylation sites is 1. The van der Waals surface area contributed by atoms with Crippen LogP contribution in [0.1, 0.15) is 23.0 Å². The van der Waals surface area contributed by atoms with Crippen LogP contribution in [0.2, 0.25) is 0 Å². The van der Waals surface area contributed by atoms with Crippen molar-refractivity contribution in [1.82, 2.24) is 9.78 Å². The molecule has 0 bridgehead atoms. The first-order valence-electron chi connectivity index (χ1n) is 6.13. The van der Waals surface area contributed by atoms with Gasteiger partial charge in [-0.25, -0.2) is 0 Å². The quantitative estimate of drug-likeness (QED) is 0.610. The molecular weight excluding hydrogens is 240 g/mol. The van der Waals surface area contributed by atoms with Gasteiger partial charge in [-0.2, -0.15) is 5.10 Å². The van der Waals surface area contributed by atoms with Crippen LogP contribution in [0.4, 0.5) is 0 Å². The molecule has 0 fully saturated rings. The summed E-state index contributed by atoms with van der Waals surface area (Å²) in [5.74, 6) is 0.628. The van der Waals surface area contributed by atoms with Crippen LogP contribution in [0.15, 0.2) is 42.6 Å². The predicted octanol–water partition coefficient (Wildman–Crippen LogP) is 2.81. The van der Waals surface area contributed by atoms with Crippen molar-refractivity contribution < 1.29 is 9.53 Å². The van der Waals surface area contributed by atoms with E-state index in [4.69, 9.17) is 4.74 Å². The van der Waals surface area contributed by atoms with Gasteiger partial charge in [0.1, 0.15) is 11.4 Å². The van der Waals surface area contributed by atoms with E-state index in [1.807, 2.05) is 31.2 Å². The monoisotopic (exact) mass is 256 g/mol. The Morgan fingerprint density at radius 1 is 1.37 bits per heavy atom. The van der Waals surface area contributed by atoms with Gasteiger partial charge in [0.2, 0.25) is 5.78 Å². The Labute approximate surface area is 112 Å². The van der Waals surface area contributed by atoms with Gasteiger partial charge in [-0.05, 0) is 31.2 Å². The molecule has 98 valence electrons. The zero-order valence-electron chi connectivity index (χ0n) is 11.0. The van der Waals surface area contributed by atoms with Crippen LogP contribution in [-0.2, 0) is 6.54 Å². The number of allylic oxidation sites excluding steroid dienone is 1. The second kappa shape index (κ2) is 6.00. The Hall–Kier alpha value is -2.36. The molecule has 0 unspecified atom stereocenters. The Morgan fingerprint density at radius 3 is 2.84 bits per heavy atom. The average Bonchev–Trinajstić information content (AvgIpc) is 2.94. The molecule has 4 heteroatoms. The van der Waals surface area contributed by atoms with Crippen molar-refractivity contribution >= 4 is 11.9 Å². The summed E-state index contributed by atoms with van der Waals surface area (Å²) in [5, 5.41) is 4.17. The first-order chi connectivity index (χ1) is 9.24. The summed E-state index contributed by atoms with van der Waals surface area (Å²) >= 11 is 0. The number of methoxy groups -OCH3 is 1. The fourth-order valence-electron chi connectivity index (χ4n) is 1.72. The summed E-state index contributed by atoms with van der Waals surface area (Å²) in [4.78, 5) is 11.9. The van der Waals surface area contributed by atoms with Gasteiger partial charge in [-0.3, -0.25) is 9.48 Å². The van der Waals surface area contributed by atoms with E-state index in [9.17, 15) is 4.79 Å². The number of hydrogen-bond donors (Lipinski definition) is 0. The third-order valence-corrected chi connectivity index (χ3v) is 2.77. The van der Waals surface area contributed by atoms with Crippen LogP contribution in [-0.4, -0.2) is 22.7 Å². The number of rotatable bonds is 5. The van der Waals surface area contributed by atoms with Crippen molar-refractivity contribution in [3.8, 4) is 5.75 Å². The number of nitrogens with zero attached hydrogens (tertiary/aromatic N) is 2. The van der Waals surface area contributed by atoms with Gasteiger partial charge in [-0.1, -0.05) is 18.2 Å². The van der Waals surface area contributed by atoms with Crippen LogP contribution >= 0.6 is 0 Å². The van der Waals surface area contributed by atoms with Gasteiger partial charge in [0, 0.05) is 18.3 Å². The third-order valence-electron chi connectivity index (χ3n) is 2.77. The highest BCUT2D eigenvalue weighted by molar-refractivity contribution is 6.05. The highest BCUT2D eigenvalue weighted by Crippen LogP contribution is 2.18. The lowest BCUT2D eigenvalue weighted by molar-refractivity contribution is 0.104. The Kier molecular flexibility index (Phi) is 4.13. The van der Waals surface area contributed by atoms with Crippen molar-refractivity contribution in [2.45, 2.75) is 13.5 Å². The molecule has 0 aliphatic carbocycles. The standard InChI is InChI=1S/C15H16N2O2/c1-3-17-11-10-13(16-17)14(18)9-8-12-6-4-5-7-15(12)19-2/h4-11H,3H2,1-2H3/b9-8+. The Bertz CT molecular complexity index is 600. The molecule has 4 nitrogen and oxygen atoms in total. The lowest BCUT2D eigenvalue weighted by atomic mass is 10.1. The summed E-state index contributed by atoms with van der Waals surface area (Å²) in [6.07, 6.45) is 5.05. The number of carbonyl (C=O) groups is 1. The second-order valence-corrected chi connectivity index (χ2v) is 4.00. The highest BCUT2D eigenvalue weighted by Gasteiger charge is 2.06. The van der Waals surface area contributed by atoms with E-state index >= 15 is 0 Å². The van der Waals surface area contributed by atoms with Crippen molar-refractivity contribution in [1.29, 1.82) is 0 Å². The lowest BCUT2D eigenvalue weighted by Crippen LogP contribution is -2.00. The molecule has 1 heterocycles. The largest absolute Gasteiger partial charge is 0.496 e. The second-order valence-electron chi connectivity index (χ2n) is 4.00. The topological polar surface area (TPSA) is 44.1 Å². The Balaban J connectivity index is 2.15. The SMILES string of the molecule is CCn1ccc(C(=O)/C=C/c2ccccc2OC)n1. The summed E-state index contributed by atoms with van der Waals surface area (Å²) in [6.45, 7) is 2.73. The molecular formula is C15H16N2O2. The van der Waals surface area contributed by atoms with Crippen molar-refractivity contribution in [2.75, 3.05) is 7.11 Å². The van der Waals surface area contributed by atoms with Crippen molar-refractivity contribution in [2.24, 2.45) is 0 Å². The molecule has 1 aromatic heterocycles. The van der Waals surface area contributed by atoms with Gasteiger partial charge in [0.15, 0.2) is 0 Å². The van der Waals surface area contributed by atoms with Gasteiger partial charge >= 0.3 is 0 Å². The van der Waals surface area contributed by atoms with Crippen LogP contribution in [0.3, 0.4) is 0 Å². The maximum Gasteiger partial charge on any atom is 0.206 e. The lowest BCUT2D eigenvalue weighted by Gasteiger charge is -2.02. The normalized spacial score (nSPS) is 10.8. The molecule has 2 rings (SSSR count). The molecule has 0 saturated carbocycles. The van der Waals surface area contributed by atoms with E-state index < -0.39 is 0 Å². The number of hydrogen-bond acceptors (Lipinski definition) is 3. The summed E-state index contributed by atoms with van der Waals surface area (Å²) in [6, 6.07) is 9.26. The highest BCUT2D eigenvalue weighted by atomic mass is 16.5. The molecule has 0 aliphatic heterocycles.